The average molecular weight is 701 g/mol. The SMILES string of the molecule is CCCCC(CCCC)(C(=O)OCC)C(=O)OCC.CCCCCCCCOC(=O)/C=C\C(=O)O.CCOC(=O)/C(C)=C(/C)C(=O)OCC. The second-order valence-electron chi connectivity index (χ2n) is 11.0. The maximum atomic E-state index is 12.3. The predicted molar refractivity (Wildman–Crippen MR) is 187 cm³/mol. The number of carbonyl (C=O) groups is 6. The Morgan fingerprint density at radius 1 is 0.510 bits per heavy atom. The second kappa shape index (κ2) is 32.8. The van der Waals surface area contributed by atoms with E-state index in [1.165, 1.54) is 19.3 Å². The zero-order valence-corrected chi connectivity index (χ0v) is 31.6. The van der Waals surface area contributed by atoms with E-state index in [0.717, 1.165) is 57.1 Å². The van der Waals surface area contributed by atoms with Crippen LogP contribution in [0, 0.1) is 5.41 Å². The topological polar surface area (TPSA) is 169 Å². The molecule has 0 heterocycles. The third-order valence-electron chi connectivity index (χ3n) is 7.08. The minimum atomic E-state index is -1.14. The molecule has 0 saturated carbocycles. The van der Waals surface area contributed by atoms with E-state index in [9.17, 15) is 28.8 Å². The number of unbranched alkanes of at least 4 members (excludes halogenated alkanes) is 7. The first-order chi connectivity index (χ1) is 23.3. The molecule has 0 amide bonds. The van der Waals surface area contributed by atoms with Crippen molar-refractivity contribution in [3.8, 4) is 0 Å². The third kappa shape index (κ3) is 25.0. The van der Waals surface area contributed by atoms with Crippen LogP contribution in [0.2, 0.25) is 0 Å². The summed E-state index contributed by atoms with van der Waals surface area (Å²) < 4.78 is 24.6. The van der Waals surface area contributed by atoms with Gasteiger partial charge in [0.1, 0.15) is 0 Å². The van der Waals surface area contributed by atoms with Crippen molar-refractivity contribution in [2.24, 2.45) is 5.41 Å². The van der Waals surface area contributed by atoms with Crippen molar-refractivity contribution >= 4 is 35.8 Å². The van der Waals surface area contributed by atoms with Gasteiger partial charge < -0.3 is 28.8 Å². The van der Waals surface area contributed by atoms with Crippen LogP contribution >= 0.6 is 0 Å². The summed E-state index contributed by atoms with van der Waals surface area (Å²) in [6.07, 6.45) is 13.0. The molecule has 0 atom stereocenters. The van der Waals surface area contributed by atoms with Gasteiger partial charge in [-0.1, -0.05) is 78.6 Å². The minimum Gasteiger partial charge on any atom is -0.478 e. The zero-order valence-electron chi connectivity index (χ0n) is 31.6. The number of carboxylic acids is 1. The summed E-state index contributed by atoms with van der Waals surface area (Å²) in [6.45, 7) is 17.8. The van der Waals surface area contributed by atoms with Gasteiger partial charge in [-0.25, -0.2) is 19.2 Å². The molecule has 12 nitrogen and oxygen atoms in total. The Balaban J connectivity index is -0.000000656. The molecular weight excluding hydrogens is 636 g/mol. The fourth-order valence-corrected chi connectivity index (χ4v) is 4.14. The van der Waals surface area contributed by atoms with E-state index < -0.39 is 41.2 Å². The van der Waals surface area contributed by atoms with Gasteiger partial charge in [-0.2, -0.15) is 0 Å². The van der Waals surface area contributed by atoms with Crippen molar-refractivity contribution in [3.05, 3.63) is 23.3 Å². The monoisotopic (exact) mass is 700 g/mol. The lowest BCUT2D eigenvalue weighted by atomic mass is 9.78. The van der Waals surface area contributed by atoms with Gasteiger partial charge >= 0.3 is 35.8 Å². The maximum Gasteiger partial charge on any atom is 0.334 e. The number of carboxylic acid groups (broad SMARTS) is 1. The summed E-state index contributed by atoms with van der Waals surface area (Å²) >= 11 is 0. The van der Waals surface area contributed by atoms with Crippen LogP contribution in [0.25, 0.3) is 0 Å². The van der Waals surface area contributed by atoms with Crippen LogP contribution in [0.4, 0.5) is 0 Å². The fraction of sp³-hybridized carbons (Fsp3) is 0.730. The predicted octanol–water partition coefficient (Wildman–Crippen LogP) is 7.46. The molecule has 0 rings (SSSR count). The van der Waals surface area contributed by atoms with Crippen molar-refractivity contribution < 1.29 is 57.6 Å². The Bertz CT molecular complexity index is 959. The van der Waals surface area contributed by atoms with Gasteiger partial charge in [-0.3, -0.25) is 9.59 Å². The van der Waals surface area contributed by atoms with Crippen molar-refractivity contribution in [3.63, 3.8) is 0 Å². The molecule has 0 saturated heterocycles. The summed E-state index contributed by atoms with van der Waals surface area (Å²) in [5, 5.41) is 8.26. The van der Waals surface area contributed by atoms with Crippen molar-refractivity contribution in [1.82, 2.24) is 0 Å². The first-order valence-electron chi connectivity index (χ1n) is 17.7. The highest BCUT2D eigenvalue weighted by atomic mass is 16.6. The highest BCUT2D eigenvalue weighted by Crippen LogP contribution is 2.34. The lowest BCUT2D eigenvalue weighted by Crippen LogP contribution is -2.42. The molecule has 0 spiro atoms. The molecule has 0 aliphatic heterocycles. The molecular formula is C37H64O12. The molecule has 0 unspecified atom stereocenters. The first kappa shape index (κ1) is 49.7. The number of rotatable bonds is 23. The Morgan fingerprint density at radius 2 is 0.898 bits per heavy atom. The smallest absolute Gasteiger partial charge is 0.334 e. The van der Waals surface area contributed by atoms with Crippen LogP contribution in [-0.4, -0.2) is 74.0 Å². The summed E-state index contributed by atoms with van der Waals surface area (Å²) in [6, 6.07) is 0. The Morgan fingerprint density at radius 3 is 1.27 bits per heavy atom. The molecule has 0 aliphatic rings. The van der Waals surface area contributed by atoms with Crippen LogP contribution in [-0.2, 0) is 52.5 Å². The lowest BCUT2D eigenvalue weighted by molar-refractivity contribution is -0.173. The van der Waals surface area contributed by atoms with Gasteiger partial charge in [-0.05, 0) is 60.8 Å². The molecule has 49 heavy (non-hydrogen) atoms. The van der Waals surface area contributed by atoms with E-state index in [4.69, 9.17) is 28.8 Å². The molecule has 0 fully saturated rings. The highest BCUT2D eigenvalue weighted by molar-refractivity contribution is 6.00. The molecule has 0 radical (unpaired) electrons. The highest BCUT2D eigenvalue weighted by Gasteiger charge is 2.47. The molecule has 1 N–H and O–H groups in total. The van der Waals surface area contributed by atoms with Gasteiger partial charge in [0.25, 0.3) is 0 Å². The van der Waals surface area contributed by atoms with E-state index in [-0.39, 0.29) is 13.2 Å². The molecule has 12 heteroatoms. The quantitative estimate of drug-likeness (QED) is 0.0368. The number of esters is 5. The summed E-state index contributed by atoms with van der Waals surface area (Å²) in [4.78, 5) is 67.9. The number of aliphatic carboxylic acids is 1. The van der Waals surface area contributed by atoms with Gasteiger partial charge in [0.05, 0.1) is 33.0 Å². The van der Waals surface area contributed by atoms with Crippen molar-refractivity contribution in [1.29, 1.82) is 0 Å². The number of hydrogen-bond acceptors (Lipinski definition) is 11. The lowest BCUT2D eigenvalue weighted by Gasteiger charge is -2.29. The molecule has 0 aromatic heterocycles. The first-order valence-corrected chi connectivity index (χ1v) is 17.7. The van der Waals surface area contributed by atoms with E-state index in [1.807, 2.05) is 13.8 Å². The van der Waals surface area contributed by atoms with Crippen LogP contribution < -0.4 is 0 Å². The summed E-state index contributed by atoms with van der Waals surface area (Å²) in [7, 11) is 0. The Hall–Kier alpha value is -3.70. The molecule has 0 bridgehead atoms. The standard InChI is InChI=1S/C15H28O4.C12H20O4.C10H16O4/c1-5-9-11-15(12-10-6-2,13(16)18-7-3)14(17)19-8-4;1-2-3-4-5-6-7-10-16-12(15)9-8-11(13)14;1-5-13-9(11)7(3)8(4)10(12)14-6-2/h5-12H2,1-4H3;8-9H,2-7,10H2,1H3,(H,13,14);5-6H2,1-4H3/b;9-8-;8-7-. The van der Waals surface area contributed by atoms with E-state index in [2.05, 4.69) is 6.92 Å². The van der Waals surface area contributed by atoms with Crippen LogP contribution in [0.3, 0.4) is 0 Å². The fourth-order valence-electron chi connectivity index (χ4n) is 4.14. The summed E-state index contributed by atoms with van der Waals surface area (Å²) in [5.41, 5.74) is -0.506. The van der Waals surface area contributed by atoms with Crippen LogP contribution in [0.1, 0.15) is 139 Å². The van der Waals surface area contributed by atoms with E-state index in [1.54, 1.807) is 41.5 Å². The number of carbonyl (C=O) groups excluding carboxylic acids is 5. The molecule has 284 valence electrons. The molecule has 0 aromatic rings. The van der Waals surface area contributed by atoms with Gasteiger partial charge in [0.15, 0.2) is 5.41 Å². The zero-order chi connectivity index (χ0) is 38.1. The minimum absolute atomic E-state index is 0.290. The van der Waals surface area contributed by atoms with E-state index >= 15 is 0 Å². The normalized spacial score (nSPS) is 11.1. The molecule has 0 aromatic carbocycles. The van der Waals surface area contributed by atoms with Crippen LogP contribution in [0.5, 0.6) is 0 Å². The van der Waals surface area contributed by atoms with Crippen molar-refractivity contribution in [2.45, 2.75) is 139 Å². The summed E-state index contributed by atoms with van der Waals surface area (Å²) in [5.74, 6) is -3.52. The van der Waals surface area contributed by atoms with Gasteiger partial charge in [0, 0.05) is 23.3 Å². The number of hydrogen-bond donors (Lipinski definition) is 1. The van der Waals surface area contributed by atoms with Crippen LogP contribution in [0.15, 0.2) is 23.3 Å². The van der Waals surface area contributed by atoms with Crippen molar-refractivity contribution in [2.75, 3.05) is 33.0 Å². The molecule has 0 aliphatic carbocycles. The number of ether oxygens (including phenoxy) is 5. The van der Waals surface area contributed by atoms with Gasteiger partial charge in [-0.15, -0.1) is 0 Å². The Labute approximate surface area is 294 Å². The Kier molecular flexibility index (Phi) is 33.3. The third-order valence-corrected chi connectivity index (χ3v) is 7.08. The average Bonchev–Trinajstić information content (AvgIpc) is 3.07. The second-order valence-corrected chi connectivity index (χ2v) is 11.0. The van der Waals surface area contributed by atoms with Gasteiger partial charge in [0.2, 0.25) is 0 Å². The largest absolute Gasteiger partial charge is 0.478 e. The maximum absolute atomic E-state index is 12.3. The van der Waals surface area contributed by atoms with E-state index in [0.29, 0.717) is 43.8 Å².